The summed E-state index contributed by atoms with van der Waals surface area (Å²) in [4.78, 5) is 0. The molecule has 0 saturated heterocycles. The molecule has 0 aliphatic carbocycles. The molecule has 2 aromatic rings. The van der Waals surface area contributed by atoms with Crippen molar-refractivity contribution in [3.63, 3.8) is 0 Å². The van der Waals surface area contributed by atoms with Crippen LogP contribution in [0.25, 0.3) is 0 Å². The van der Waals surface area contributed by atoms with Gasteiger partial charge >= 0.3 is 0 Å². The predicted octanol–water partition coefficient (Wildman–Crippen LogP) is 3.55. The molecule has 1 aromatic heterocycles. The van der Waals surface area contributed by atoms with Crippen LogP contribution in [0.2, 0.25) is 0 Å². The molecule has 1 aromatic carbocycles. The number of hydrogen-bond acceptors (Lipinski definition) is 3. The summed E-state index contributed by atoms with van der Waals surface area (Å²) in [5.74, 6) is 0.883. The van der Waals surface area contributed by atoms with Gasteiger partial charge in [-0.05, 0) is 53.2 Å². The molecule has 0 amide bonds. The van der Waals surface area contributed by atoms with E-state index >= 15 is 0 Å². The number of rotatable bonds is 5. The van der Waals surface area contributed by atoms with Crippen molar-refractivity contribution in [1.82, 2.24) is 5.32 Å². The summed E-state index contributed by atoms with van der Waals surface area (Å²) in [6, 6.07) is 10.3. The summed E-state index contributed by atoms with van der Waals surface area (Å²) in [7, 11) is 3.63. The number of nitrogens with one attached hydrogen (secondary N) is 1. The molecule has 0 bridgehead atoms. The third-order valence-corrected chi connectivity index (χ3v) is 3.59. The zero-order valence-corrected chi connectivity index (χ0v) is 12.0. The topological polar surface area (TPSA) is 34.4 Å². The van der Waals surface area contributed by atoms with Gasteiger partial charge in [-0.3, -0.25) is 0 Å². The van der Waals surface area contributed by atoms with E-state index in [1.165, 1.54) is 5.56 Å². The van der Waals surface area contributed by atoms with Crippen LogP contribution in [0, 0.1) is 0 Å². The van der Waals surface area contributed by atoms with Crippen LogP contribution < -0.4 is 10.1 Å². The van der Waals surface area contributed by atoms with Crippen molar-refractivity contribution in [2.45, 2.75) is 12.5 Å². The van der Waals surface area contributed by atoms with E-state index in [0.29, 0.717) is 0 Å². The van der Waals surface area contributed by atoms with Gasteiger partial charge in [0.1, 0.15) is 5.75 Å². The van der Waals surface area contributed by atoms with Crippen LogP contribution >= 0.6 is 15.9 Å². The lowest BCUT2D eigenvalue weighted by atomic mass is 10.0. The fourth-order valence-electron chi connectivity index (χ4n) is 1.96. The molecule has 2 rings (SSSR count). The normalized spacial score (nSPS) is 12.4. The Hall–Kier alpha value is -1.26. The molecule has 18 heavy (non-hydrogen) atoms. The highest BCUT2D eigenvalue weighted by Crippen LogP contribution is 2.27. The van der Waals surface area contributed by atoms with E-state index < -0.39 is 0 Å². The van der Waals surface area contributed by atoms with Crippen molar-refractivity contribution < 1.29 is 9.15 Å². The number of halogens is 1. The van der Waals surface area contributed by atoms with Gasteiger partial charge in [0.2, 0.25) is 0 Å². The van der Waals surface area contributed by atoms with Crippen molar-refractivity contribution in [3.8, 4) is 5.75 Å². The van der Waals surface area contributed by atoms with Gasteiger partial charge < -0.3 is 14.5 Å². The number of hydrogen-bond donors (Lipinski definition) is 1. The maximum atomic E-state index is 5.28. The van der Waals surface area contributed by atoms with Crippen molar-refractivity contribution in [3.05, 3.63) is 52.4 Å². The first kappa shape index (κ1) is 13.2. The average Bonchev–Trinajstić information content (AvgIpc) is 2.82. The Morgan fingerprint density at radius 3 is 2.83 bits per heavy atom. The Morgan fingerprint density at radius 2 is 2.22 bits per heavy atom. The zero-order chi connectivity index (χ0) is 13.0. The fraction of sp³-hybridized carbons (Fsp3) is 0.286. The van der Waals surface area contributed by atoms with Crippen LogP contribution in [0.15, 0.2) is 45.7 Å². The van der Waals surface area contributed by atoms with Crippen LogP contribution in [-0.4, -0.2) is 14.2 Å². The predicted molar refractivity (Wildman–Crippen MR) is 74.9 cm³/mol. The lowest BCUT2D eigenvalue weighted by molar-refractivity contribution is 0.414. The second-order valence-corrected chi connectivity index (χ2v) is 4.77. The maximum Gasteiger partial charge on any atom is 0.173 e. The van der Waals surface area contributed by atoms with Gasteiger partial charge in [-0.1, -0.05) is 12.1 Å². The number of benzene rings is 1. The Bertz CT molecular complexity index is 510. The minimum Gasteiger partial charge on any atom is -0.497 e. The molecule has 0 spiro atoms. The molecule has 1 atom stereocenters. The summed E-state index contributed by atoms with van der Waals surface area (Å²) in [6.07, 6.45) is 2.57. The summed E-state index contributed by atoms with van der Waals surface area (Å²) in [6.45, 7) is 0. The Balaban J connectivity index is 2.18. The van der Waals surface area contributed by atoms with Gasteiger partial charge in [0.15, 0.2) is 4.67 Å². The van der Waals surface area contributed by atoms with E-state index in [1.54, 1.807) is 13.4 Å². The number of methoxy groups -OCH3 is 1. The molecular weight excluding hydrogens is 294 g/mol. The highest BCUT2D eigenvalue weighted by molar-refractivity contribution is 9.10. The number of furan rings is 1. The summed E-state index contributed by atoms with van der Waals surface area (Å²) >= 11 is 3.42. The minimum absolute atomic E-state index is 0.213. The highest BCUT2D eigenvalue weighted by atomic mass is 79.9. The lowest BCUT2D eigenvalue weighted by Gasteiger charge is -2.15. The van der Waals surface area contributed by atoms with Crippen molar-refractivity contribution in [1.29, 1.82) is 0 Å². The summed E-state index contributed by atoms with van der Waals surface area (Å²) < 4.78 is 11.3. The monoisotopic (exact) mass is 309 g/mol. The Labute approximate surface area is 115 Å². The van der Waals surface area contributed by atoms with Crippen molar-refractivity contribution >= 4 is 15.9 Å². The molecule has 3 nitrogen and oxygen atoms in total. The van der Waals surface area contributed by atoms with Crippen LogP contribution in [0.4, 0.5) is 0 Å². The Morgan fingerprint density at radius 1 is 1.39 bits per heavy atom. The molecular formula is C14H16BrNO2. The van der Waals surface area contributed by atoms with Gasteiger partial charge in [0, 0.05) is 11.6 Å². The second kappa shape index (κ2) is 6.07. The van der Waals surface area contributed by atoms with Gasteiger partial charge in [0.05, 0.1) is 13.4 Å². The maximum absolute atomic E-state index is 5.28. The first-order valence-corrected chi connectivity index (χ1v) is 6.57. The number of likely N-dealkylation sites (N-methyl/N-ethyl adjacent to an activating group) is 1. The first-order valence-electron chi connectivity index (χ1n) is 5.77. The quantitative estimate of drug-likeness (QED) is 0.917. The first-order chi connectivity index (χ1) is 8.74. The standard InChI is InChI=1S/C14H16BrNO2/c1-16-13(12-6-7-18-14(12)15)9-10-4-3-5-11(8-10)17-2/h3-8,13,16H,9H2,1-2H3. The molecule has 96 valence electrons. The lowest BCUT2D eigenvalue weighted by Crippen LogP contribution is -2.18. The number of ether oxygens (including phenoxy) is 1. The van der Waals surface area contributed by atoms with Gasteiger partial charge in [-0.25, -0.2) is 0 Å². The molecule has 1 heterocycles. The average molecular weight is 310 g/mol. The minimum atomic E-state index is 0.213. The van der Waals surface area contributed by atoms with Crippen LogP contribution in [0.5, 0.6) is 5.75 Å². The van der Waals surface area contributed by atoms with Crippen LogP contribution in [-0.2, 0) is 6.42 Å². The van der Waals surface area contributed by atoms with Crippen LogP contribution in [0.1, 0.15) is 17.2 Å². The van der Waals surface area contributed by atoms with Gasteiger partial charge in [-0.2, -0.15) is 0 Å². The molecule has 4 heteroatoms. The molecule has 0 fully saturated rings. The molecule has 1 unspecified atom stereocenters. The van der Waals surface area contributed by atoms with E-state index in [4.69, 9.17) is 9.15 Å². The molecule has 0 aliphatic rings. The van der Waals surface area contributed by atoms with E-state index in [2.05, 4.69) is 33.4 Å². The third kappa shape index (κ3) is 2.94. The van der Waals surface area contributed by atoms with Crippen LogP contribution in [0.3, 0.4) is 0 Å². The molecule has 0 saturated carbocycles. The summed E-state index contributed by atoms with van der Waals surface area (Å²) in [5, 5.41) is 3.30. The van der Waals surface area contributed by atoms with E-state index in [9.17, 15) is 0 Å². The SMILES string of the molecule is CNC(Cc1cccc(OC)c1)c1ccoc1Br. The van der Waals surface area contributed by atoms with E-state index in [-0.39, 0.29) is 6.04 Å². The zero-order valence-electron chi connectivity index (χ0n) is 10.4. The summed E-state index contributed by atoms with van der Waals surface area (Å²) in [5.41, 5.74) is 2.35. The Kier molecular flexibility index (Phi) is 4.44. The van der Waals surface area contributed by atoms with Gasteiger partial charge in [0.25, 0.3) is 0 Å². The smallest absolute Gasteiger partial charge is 0.173 e. The van der Waals surface area contributed by atoms with E-state index in [1.807, 2.05) is 25.2 Å². The van der Waals surface area contributed by atoms with Crippen molar-refractivity contribution in [2.75, 3.05) is 14.2 Å². The third-order valence-electron chi connectivity index (χ3n) is 2.94. The second-order valence-electron chi connectivity index (χ2n) is 4.05. The van der Waals surface area contributed by atoms with E-state index in [0.717, 1.165) is 22.4 Å². The molecule has 0 radical (unpaired) electrons. The van der Waals surface area contributed by atoms with Crippen molar-refractivity contribution in [2.24, 2.45) is 0 Å². The fourth-order valence-corrected chi connectivity index (χ4v) is 2.47. The van der Waals surface area contributed by atoms with Gasteiger partial charge in [-0.15, -0.1) is 0 Å². The molecule has 1 N–H and O–H groups in total. The largest absolute Gasteiger partial charge is 0.497 e. The highest BCUT2D eigenvalue weighted by Gasteiger charge is 2.15. The molecule has 0 aliphatic heterocycles.